The van der Waals surface area contributed by atoms with E-state index in [9.17, 15) is 9.90 Å². The van der Waals surface area contributed by atoms with Gasteiger partial charge >= 0.3 is 0 Å². The quantitative estimate of drug-likeness (QED) is 0.0791. The molecule has 6 atom stereocenters. The Morgan fingerprint density at radius 1 is 0.544 bits per heavy atom. The molecule has 3 aliphatic heterocycles. The van der Waals surface area contributed by atoms with Gasteiger partial charge in [-0.25, -0.2) is 24.9 Å². The molecule has 19 nitrogen and oxygen atoms in total. The number of benzene rings is 1. The topological polar surface area (TPSA) is 245 Å². The van der Waals surface area contributed by atoms with E-state index in [0.717, 1.165) is 122 Å². The molecule has 17 rings (SSSR count). The maximum atomic E-state index is 11.3. The lowest BCUT2D eigenvalue weighted by molar-refractivity contribution is -0.119. The van der Waals surface area contributed by atoms with Crippen molar-refractivity contribution in [2.24, 2.45) is 5.73 Å². The highest BCUT2D eigenvalue weighted by Gasteiger charge is 2.44. The van der Waals surface area contributed by atoms with Gasteiger partial charge in [0.05, 0.1) is 52.4 Å². The van der Waals surface area contributed by atoms with Crippen molar-refractivity contribution in [3.05, 3.63) is 156 Å². The van der Waals surface area contributed by atoms with E-state index in [4.69, 9.17) is 50.2 Å². The van der Waals surface area contributed by atoms with Crippen LogP contribution in [0.4, 0.5) is 5.82 Å². The molecule has 6 unspecified atom stereocenters. The Kier molecular flexibility index (Phi) is 15.2. The lowest BCUT2D eigenvalue weighted by atomic mass is 9.93. The predicted octanol–water partition coefficient (Wildman–Crippen LogP) is 12.5. The molecular formula is C71H74N14O5. The second kappa shape index (κ2) is 24.0. The number of ether oxygens (including phenoxy) is 2. The third-order valence-corrected chi connectivity index (χ3v) is 19.4. The molecule has 458 valence electrons. The van der Waals surface area contributed by atoms with E-state index in [0.29, 0.717) is 53.6 Å². The summed E-state index contributed by atoms with van der Waals surface area (Å²) in [5.41, 5.74) is 21.2. The molecule has 10 aromatic rings. The molecule has 0 saturated heterocycles. The van der Waals surface area contributed by atoms with Crippen LogP contribution in [0.2, 0.25) is 0 Å². The standard InChI is InChI=1S/C25H23N5O2.C25H29N5O.C21H22N4O2/c1-14-3-2-4-20(28-14)23-24(30-17-7-5-16(11-17)25(30)29-23)15-6-8-19-18(12-15)21(9-10-27-19)32-13-22(26)31;1-15-3-2-4-21(27-15)23-24(30-19-8-5-17(13-19)25(30)29-23)16-11-12-26-22(14-16)28-18-6-9-20(31)10-7-18;1-13-3-2-4-17(23-13)19-20(14-7-8-22-18(12-14)27-10-9-26)25-16-6-5-15(11-16)21(25)24-19/h2-4,6,8-10,12,16-17H,5,7,11,13H2,1H3,(H2,26,31);2-4,11-12,14,17-20,31H,5-10,13H2,1H3,(H,26,28);2-4,7-8,12,15-16,26H,5-6,9-11H2,1H3. The van der Waals surface area contributed by atoms with E-state index in [1.807, 2.05) is 87.6 Å². The first-order chi connectivity index (χ1) is 44.0. The van der Waals surface area contributed by atoms with Crippen LogP contribution in [0, 0.1) is 20.8 Å². The highest BCUT2D eigenvalue weighted by atomic mass is 16.5. The van der Waals surface area contributed by atoms with Crippen LogP contribution < -0.4 is 20.5 Å². The highest BCUT2D eigenvalue weighted by molar-refractivity contribution is 5.92. The van der Waals surface area contributed by atoms with Gasteiger partial charge in [0.25, 0.3) is 5.91 Å². The van der Waals surface area contributed by atoms with E-state index in [-0.39, 0.29) is 25.9 Å². The van der Waals surface area contributed by atoms with Gasteiger partial charge < -0.3 is 44.4 Å². The molecule has 4 aliphatic carbocycles. The maximum Gasteiger partial charge on any atom is 0.255 e. The number of primary amides is 1. The molecule has 1 aromatic carbocycles. The number of aliphatic hydroxyl groups is 2. The first-order valence-corrected chi connectivity index (χ1v) is 32.1. The molecule has 4 fully saturated rings. The molecule has 5 N–H and O–H groups in total. The molecule has 1 amide bonds. The predicted molar refractivity (Wildman–Crippen MR) is 344 cm³/mol. The van der Waals surface area contributed by atoms with E-state index in [1.54, 1.807) is 18.5 Å². The Balaban J connectivity index is 0.000000113. The summed E-state index contributed by atoms with van der Waals surface area (Å²) >= 11 is 0. The number of fused-ring (bicyclic) bond motifs is 16. The van der Waals surface area contributed by atoms with Crippen molar-refractivity contribution in [2.45, 2.75) is 152 Å². The first kappa shape index (κ1) is 57.3. The van der Waals surface area contributed by atoms with Crippen LogP contribution in [0.5, 0.6) is 11.6 Å². The number of hydrogen-bond donors (Lipinski definition) is 4. The van der Waals surface area contributed by atoms with Gasteiger partial charge in [-0.2, -0.15) is 0 Å². The van der Waals surface area contributed by atoms with Crippen LogP contribution in [0.15, 0.2) is 122 Å². The van der Waals surface area contributed by atoms with Crippen molar-refractivity contribution < 1.29 is 24.5 Å². The van der Waals surface area contributed by atoms with Gasteiger partial charge in [0.2, 0.25) is 5.88 Å². The van der Waals surface area contributed by atoms with Gasteiger partial charge in [-0.15, -0.1) is 0 Å². The van der Waals surface area contributed by atoms with Gasteiger partial charge in [-0.3, -0.25) is 24.7 Å². The molecule has 0 radical (unpaired) electrons. The summed E-state index contributed by atoms with van der Waals surface area (Å²) < 4.78 is 18.5. The summed E-state index contributed by atoms with van der Waals surface area (Å²) in [7, 11) is 0. The third-order valence-electron chi connectivity index (χ3n) is 19.4. The summed E-state index contributed by atoms with van der Waals surface area (Å²) in [5, 5.41) is 23.3. The molecule has 19 heteroatoms. The number of hydrogen-bond acceptors (Lipinski definition) is 15. The summed E-state index contributed by atoms with van der Waals surface area (Å²) in [6.45, 7) is 6.07. The molecule has 4 saturated carbocycles. The minimum Gasteiger partial charge on any atom is -0.483 e. The number of carbonyl (C=O) groups is 1. The van der Waals surface area contributed by atoms with E-state index in [2.05, 4.69) is 70.4 Å². The Bertz CT molecular complexity index is 4360. The van der Waals surface area contributed by atoms with Crippen LogP contribution in [0.25, 0.3) is 78.8 Å². The summed E-state index contributed by atoms with van der Waals surface area (Å²) in [6, 6.07) is 36.3. The second-order valence-electron chi connectivity index (χ2n) is 25.4. The largest absolute Gasteiger partial charge is 0.483 e. The molecule has 0 spiro atoms. The number of aryl methyl sites for hydroxylation is 3. The lowest BCUT2D eigenvalue weighted by Gasteiger charge is -2.26. The number of imidazole rings is 3. The van der Waals surface area contributed by atoms with Crippen LogP contribution in [-0.4, -0.2) is 107 Å². The number of nitrogens with two attached hydrogens (primary N) is 1. The summed E-state index contributed by atoms with van der Waals surface area (Å²) in [6.07, 6.45) is 19.8. The van der Waals surface area contributed by atoms with Crippen LogP contribution >= 0.6 is 0 Å². The van der Waals surface area contributed by atoms with Gasteiger partial charge in [0.1, 0.15) is 52.7 Å². The van der Waals surface area contributed by atoms with Gasteiger partial charge in [-0.1, -0.05) is 24.3 Å². The van der Waals surface area contributed by atoms with Crippen molar-refractivity contribution in [1.82, 2.24) is 58.6 Å². The fourth-order valence-electron chi connectivity index (χ4n) is 15.4. The highest BCUT2D eigenvalue weighted by Crippen LogP contribution is 2.55. The number of amides is 1. The molecule has 9 aromatic heterocycles. The molecule has 90 heavy (non-hydrogen) atoms. The van der Waals surface area contributed by atoms with Crippen molar-refractivity contribution in [2.75, 3.05) is 25.1 Å². The lowest BCUT2D eigenvalue weighted by Crippen LogP contribution is -2.28. The number of aromatic nitrogens is 12. The molecule has 6 bridgehead atoms. The third kappa shape index (κ3) is 10.8. The summed E-state index contributed by atoms with van der Waals surface area (Å²) in [4.78, 5) is 54.2. The zero-order valence-electron chi connectivity index (χ0n) is 51.0. The molecule has 7 aliphatic rings. The van der Waals surface area contributed by atoms with Gasteiger partial charge in [0, 0.05) is 106 Å². The van der Waals surface area contributed by atoms with Crippen molar-refractivity contribution in [1.29, 1.82) is 0 Å². The van der Waals surface area contributed by atoms with Crippen LogP contribution in [0.3, 0.4) is 0 Å². The molecule has 12 heterocycles. The van der Waals surface area contributed by atoms with Crippen molar-refractivity contribution in [3.8, 4) is 79.6 Å². The van der Waals surface area contributed by atoms with Crippen LogP contribution in [-0.2, 0) is 4.79 Å². The Morgan fingerprint density at radius 3 is 1.53 bits per heavy atom. The van der Waals surface area contributed by atoms with E-state index < -0.39 is 5.91 Å². The number of nitrogens with zero attached hydrogens (tertiary/aromatic N) is 12. The number of carbonyl (C=O) groups excluding carboxylic acids is 1. The number of nitrogens with one attached hydrogen (secondary N) is 1. The number of anilines is 1. The number of pyridine rings is 6. The maximum absolute atomic E-state index is 11.3. The summed E-state index contributed by atoms with van der Waals surface area (Å²) in [5.74, 6) is 6.75. The molecular weight excluding hydrogens is 1130 g/mol. The minimum atomic E-state index is -0.511. The van der Waals surface area contributed by atoms with Gasteiger partial charge in [0.15, 0.2) is 6.61 Å². The fraction of sp³-hybridized carbons (Fsp3) is 0.380. The number of aliphatic hydroxyl groups excluding tert-OH is 2. The average molecular weight is 1200 g/mol. The fourth-order valence-corrected chi connectivity index (χ4v) is 15.4. The minimum absolute atomic E-state index is 0.0315. The Hall–Kier alpha value is -9.20. The van der Waals surface area contributed by atoms with E-state index >= 15 is 0 Å². The Labute approximate surface area is 522 Å². The average Bonchev–Trinajstić information content (AvgIpc) is 1.64. The normalized spacial score (nSPS) is 21.9. The second-order valence-corrected chi connectivity index (χ2v) is 25.4. The van der Waals surface area contributed by atoms with Crippen molar-refractivity contribution >= 4 is 22.6 Å². The zero-order valence-corrected chi connectivity index (χ0v) is 51.0. The smallest absolute Gasteiger partial charge is 0.255 e. The Morgan fingerprint density at radius 2 is 1.03 bits per heavy atom. The van der Waals surface area contributed by atoms with Crippen LogP contribution in [0.1, 0.15) is 154 Å². The SMILES string of the molecule is Cc1cccc(-c2nc3n(c2-c2ccc4nccc(OCC(N)=O)c4c2)C2CCC3C2)n1.Cc1cccc(-c2nc3n(c2-c2ccnc(NC4CCC(O)CC4)c2)C2CCC3C2)n1.Cc1cccc(-c2nc3n(c2-c2ccnc(OCCO)c2)C2CCC3C2)n1. The van der Waals surface area contributed by atoms with E-state index in [1.165, 1.54) is 81.0 Å². The van der Waals surface area contributed by atoms with Crippen molar-refractivity contribution in [3.63, 3.8) is 0 Å². The monoisotopic (exact) mass is 1200 g/mol. The first-order valence-electron chi connectivity index (χ1n) is 32.1. The number of rotatable bonds is 14. The van der Waals surface area contributed by atoms with Gasteiger partial charge in [-0.05, 0) is 177 Å². The zero-order chi connectivity index (χ0) is 61.1.